The highest BCUT2D eigenvalue weighted by Gasteiger charge is 2.31. The molecule has 0 radical (unpaired) electrons. The van der Waals surface area contributed by atoms with Gasteiger partial charge in [0, 0.05) is 12.8 Å². The van der Waals surface area contributed by atoms with Gasteiger partial charge in [0.1, 0.15) is 0 Å². The third-order valence-corrected chi connectivity index (χ3v) is 9.53. The van der Waals surface area contributed by atoms with Gasteiger partial charge in [-0.25, -0.2) is 0 Å². The Hall–Kier alpha value is -0.663. The number of hydrogen-bond acceptors (Lipinski definition) is 0. The van der Waals surface area contributed by atoms with Crippen LogP contribution in [0.3, 0.4) is 0 Å². The lowest BCUT2D eigenvalue weighted by Gasteiger charge is -2.29. The van der Waals surface area contributed by atoms with Crippen molar-refractivity contribution in [3.05, 3.63) is 0 Å². The van der Waals surface area contributed by atoms with E-state index >= 15 is 0 Å². The van der Waals surface area contributed by atoms with Crippen molar-refractivity contribution >= 4 is 8.07 Å². The largest absolute Gasteiger partial charge is 0.107 e. The van der Waals surface area contributed by atoms with Gasteiger partial charge in [0.2, 0.25) is 0 Å². The molecule has 0 N–H and O–H groups in total. The van der Waals surface area contributed by atoms with Gasteiger partial charge in [0.15, 0.2) is 0 Å². The van der Waals surface area contributed by atoms with E-state index in [1.807, 2.05) is 13.8 Å². The van der Waals surface area contributed by atoms with Crippen LogP contribution in [-0.4, -0.2) is 8.07 Å². The van der Waals surface area contributed by atoms with E-state index < -0.39 is 8.07 Å². The van der Waals surface area contributed by atoms with Crippen LogP contribution in [-0.2, 0) is 0 Å². The van der Waals surface area contributed by atoms with Crippen LogP contribution in [0.1, 0.15) is 52.4 Å². The molecule has 1 heteroatoms. The van der Waals surface area contributed by atoms with Crippen LogP contribution in [0.4, 0.5) is 0 Å². The molecule has 1 saturated heterocycles. The summed E-state index contributed by atoms with van der Waals surface area (Å²) < 4.78 is 0. The zero-order chi connectivity index (χ0) is 12.4. The number of hydrogen-bond donors (Lipinski definition) is 0. The van der Waals surface area contributed by atoms with Gasteiger partial charge < -0.3 is 0 Å². The Bertz CT molecular complexity index is 287. The molecular weight excluding hydrogens is 220 g/mol. The van der Waals surface area contributed by atoms with Crippen molar-refractivity contribution in [3.8, 4) is 23.7 Å². The smallest absolute Gasteiger partial charge is 0.0554 e. The van der Waals surface area contributed by atoms with Gasteiger partial charge in [-0.15, -0.1) is 23.7 Å². The molecule has 0 bridgehead atoms. The molecule has 0 aliphatic carbocycles. The maximum absolute atomic E-state index is 3.28. The Morgan fingerprint density at radius 2 is 1.24 bits per heavy atom. The van der Waals surface area contributed by atoms with Crippen LogP contribution in [0, 0.1) is 23.7 Å². The van der Waals surface area contributed by atoms with Crippen molar-refractivity contribution in [1.82, 2.24) is 0 Å². The minimum atomic E-state index is -1.01. The second-order valence-corrected chi connectivity index (χ2v) is 10.3. The first-order chi connectivity index (χ1) is 8.33. The van der Waals surface area contributed by atoms with E-state index in [2.05, 4.69) is 23.7 Å². The van der Waals surface area contributed by atoms with E-state index in [0.29, 0.717) is 0 Å². The molecule has 0 unspecified atom stereocenters. The predicted molar refractivity (Wildman–Crippen MR) is 79.6 cm³/mol. The first-order valence-corrected chi connectivity index (χ1v) is 9.95. The van der Waals surface area contributed by atoms with Gasteiger partial charge in [0.25, 0.3) is 0 Å². The summed E-state index contributed by atoms with van der Waals surface area (Å²) in [7, 11) is -1.01. The van der Waals surface area contributed by atoms with Gasteiger partial charge in [-0.3, -0.25) is 0 Å². The molecule has 17 heavy (non-hydrogen) atoms. The van der Waals surface area contributed by atoms with E-state index in [4.69, 9.17) is 0 Å². The molecular formula is C16H26Si. The maximum Gasteiger partial charge on any atom is 0.0554 e. The molecule has 94 valence electrons. The fourth-order valence-corrected chi connectivity index (χ4v) is 7.82. The van der Waals surface area contributed by atoms with Crippen molar-refractivity contribution < 1.29 is 0 Å². The lowest BCUT2D eigenvalue weighted by Crippen LogP contribution is -2.32. The SMILES string of the molecule is CC#CCC[Si]1(CCC#CC)CCCCCC1. The summed E-state index contributed by atoms with van der Waals surface area (Å²) >= 11 is 0. The number of rotatable bonds is 4. The highest BCUT2D eigenvalue weighted by Crippen LogP contribution is 2.35. The summed E-state index contributed by atoms with van der Waals surface area (Å²) in [6.07, 6.45) is 8.17. The average molecular weight is 246 g/mol. The highest BCUT2D eigenvalue weighted by molar-refractivity contribution is 6.80. The van der Waals surface area contributed by atoms with Crippen LogP contribution in [0.25, 0.3) is 0 Å². The summed E-state index contributed by atoms with van der Waals surface area (Å²) in [6.45, 7) is 3.92. The lowest BCUT2D eigenvalue weighted by molar-refractivity contribution is 0.720. The Labute approximate surface area is 109 Å². The molecule has 0 atom stereocenters. The molecule has 0 spiro atoms. The molecule has 0 aromatic carbocycles. The third kappa shape index (κ3) is 5.47. The van der Waals surface area contributed by atoms with Gasteiger partial charge in [-0.1, -0.05) is 37.8 Å². The van der Waals surface area contributed by atoms with Crippen LogP contribution in [0.15, 0.2) is 0 Å². The Kier molecular flexibility index (Phi) is 7.14. The van der Waals surface area contributed by atoms with E-state index in [-0.39, 0.29) is 0 Å². The standard InChI is InChI=1S/C16H26Si/c1-3-5-9-13-17(14-10-6-4-2)15-11-7-8-12-16-17/h7-16H2,1-2H3. The summed E-state index contributed by atoms with van der Waals surface area (Å²) in [5, 5.41) is 0. The normalized spacial score (nSPS) is 18.2. The summed E-state index contributed by atoms with van der Waals surface area (Å²) in [5.41, 5.74) is 0. The molecule has 0 aromatic heterocycles. The molecule has 0 nitrogen and oxygen atoms in total. The fraction of sp³-hybridized carbons (Fsp3) is 0.750. The Morgan fingerprint density at radius 1 is 0.765 bits per heavy atom. The third-order valence-electron chi connectivity index (χ3n) is 4.08. The van der Waals surface area contributed by atoms with Crippen LogP contribution in [0.2, 0.25) is 24.2 Å². The molecule has 1 aliphatic rings. The van der Waals surface area contributed by atoms with Crippen LogP contribution in [0.5, 0.6) is 0 Å². The Balaban J connectivity index is 2.57. The topological polar surface area (TPSA) is 0 Å². The minimum Gasteiger partial charge on any atom is -0.107 e. The average Bonchev–Trinajstić information content (AvgIpc) is 2.56. The predicted octanol–water partition coefficient (Wildman–Crippen LogP) is 4.84. The zero-order valence-electron chi connectivity index (χ0n) is 11.6. The Morgan fingerprint density at radius 3 is 1.65 bits per heavy atom. The van der Waals surface area contributed by atoms with Gasteiger partial charge >= 0.3 is 0 Å². The lowest BCUT2D eigenvalue weighted by atomic mass is 10.2. The van der Waals surface area contributed by atoms with Crippen molar-refractivity contribution in [2.24, 2.45) is 0 Å². The molecule has 1 rings (SSSR count). The van der Waals surface area contributed by atoms with Crippen molar-refractivity contribution in [1.29, 1.82) is 0 Å². The van der Waals surface area contributed by atoms with Crippen LogP contribution < -0.4 is 0 Å². The van der Waals surface area contributed by atoms with E-state index in [1.54, 1.807) is 12.1 Å². The zero-order valence-corrected chi connectivity index (χ0v) is 12.6. The summed E-state index contributed by atoms with van der Waals surface area (Å²) in [6, 6.07) is 5.95. The molecule has 1 fully saturated rings. The van der Waals surface area contributed by atoms with Crippen molar-refractivity contribution in [2.45, 2.75) is 76.5 Å². The monoisotopic (exact) mass is 246 g/mol. The molecule has 0 amide bonds. The molecule has 1 heterocycles. The van der Waals surface area contributed by atoms with Gasteiger partial charge in [-0.2, -0.15) is 0 Å². The quantitative estimate of drug-likeness (QED) is 0.492. The highest BCUT2D eigenvalue weighted by atomic mass is 28.3. The molecule has 0 aromatic rings. The van der Waals surface area contributed by atoms with Crippen molar-refractivity contribution in [3.63, 3.8) is 0 Å². The van der Waals surface area contributed by atoms with Crippen molar-refractivity contribution in [2.75, 3.05) is 0 Å². The van der Waals surface area contributed by atoms with Gasteiger partial charge in [0.05, 0.1) is 8.07 Å². The second kappa shape index (κ2) is 8.43. The first kappa shape index (κ1) is 14.4. The molecule has 1 aliphatic heterocycles. The van der Waals surface area contributed by atoms with E-state index in [0.717, 1.165) is 12.8 Å². The summed E-state index contributed by atoms with van der Waals surface area (Å²) in [4.78, 5) is 0. The molecule has 0 saturated carbocycles. The van der Waals surface area contributed by atoms with Gasteiger partial charge in [-0.05, 0) is 25.9 Å². The van der Waals surface area contributed by atoms with E-state index in [9.17, 15) is 0 Å². The summed E-state index contributed by atoms with van der Waals surface area (Å²) in [5.74, 6) is 12.7. The van der Waals surface area contributed by atoms with E-state index in [1.165, 1.54) is 37.8 Å². The minimum absolute atomic E-state index is 1.01. The van der Waals surface area contributed by atoms with Crippen LogP contribution >= 0.6 is 0 Å². The maximum atomic E-state index is 3.28. The fourth-order valence-electron chi connectivity index (χ4n) is 3.01. The second-order valence-electron chi connectivity index (χ2n) is 5.27. The first-order valence-electron chi connectivity index (χ1n) is 7.12.